The average Bonchev–Trinajstić information content (AvgIpc) is 3.52. The number of aromatic nitrogens is 3. The molecule has 1 aromatic heterocycles. The molecule has 1 atom stereocenters. The van der Waals surface area contributed by atoms with Gasteiger partial charge in [0.1, 0.15) is 34.7 Å². The summed E-state index contributed by atoms with van der Waals surface area (Å²) in [5.74, 6) is -4.41. The highest BCUT2D eigenvalue weighted by Gasteiger charge is 2.41. The second kappa shape index (κ2) is 9.03. The van der Waals surface area contributed by atoms with Crippen molar-refractivity contribution in [3.8, 4) is 5.69 Å². The van der Waals surface area contributed by atoms with E-state index in [9.17, 15) is 9.18 Å². The predicted octanol–water partition coefficient (Wildman–Crippen LogP) is 4.30. The number of amides is 1. The number of para-hydroxylation sites is 1. The molecule has 1 aliphatic carbocycles. The van der Waals surface area contributed by atoms with Crippen molar-refractivity contribution in [1.29, 1.82) is 0 Å². The molecule has 190 valence electrons. The normalized spacial score (nSPS) is 16.3. The number of anilines is 1. The van der Waals surface area contributed by atoms with Gasteiger partial charge in [-0.3, -0.25) is 4.79 Å². The van der Waals surface area contributed by atoms with Crippen molar-refractivity contribution < 1.29 is 22.4 Å². The number of nitrogens with zero attached hydrogens (tertiary/aromatic N) is 5. The lowest BCUT2D eigenvalue weighted by Gasteiger charge is -2.24. The van der Waals surface area contributed by atoms with Crippen LogP contribution in [0.1, 0.15) is 28.3 Å². The van der Waals surface area contributed by atoms with Crippen molar-refractivity contribution in [2.75, 3.05) is 5.01 Å². The number of allylic oxidation sites excluding steroid dienone is 1. The van der Waals surface area contributed by atoms with Crippen LogP contribution in [0.15, 0.2) is 77.5 Å². The van der Waals surface area contributed by atoms with Crippen molar-refractivity contribution >= 4 is 17.3 Å². The minimum absolute atomic E-state index is 0.00999. The third-order valence-corrected chi connectivity index (χ3v) is 6.57. The molecule has 7 nitrogen and oxygen atoms in total. The van der Waals surface area contributed by atoms with Gasteiger partial charge in [-0.2, -0.15) is 10.1 Å². The third-order valence-electron chi connectivity index (χ3n) is 6.57. The number of hydrogen-bond acceptors (Lipinski definition) is 5. The molecule has 1 amide bonds. The van der Waals surface area contributed by atoms with E-state index < -0.39 is 35.1 Å². The molecule has 0 fully saturated rings. The minimum atomic E-state index is -0.894. The van der Waals surface area contributed by atoms with Gasteiger partial charge in [0.15, 0.2) is 0 Å². The molecule has 2 heterocycles. The molecule has 11 heteroatoms. The molecule has 3 aromatic carbocycles. The van der Waals surface area contributed by atoms with E-state index in [0.29, 0.717) is 11.4 Å². The first kappa shape index (κ1) is 23.7. The van der Waals surface area contributed by atoms with Gasteiger partial charge in [-0.25, -0.2) is 22.2 Å². The Labute approximate surface area is 213 Å². The molecule has 6 rings (SSSR count). The molecule has 0 radical (unpaired) electrons. The molecule has 0 spiro atoms. The summed E-state index contributed by atoms with van der Waals surface area (Å²) in [7, 11) is 0. The van der Waals surface area contributed by atoms with E-state index in [4.69, 9.17) is 5.73 Å². The van der Waals surface area contributed by atoms with Gasteiger partial charge in [0.2, 0.25) is 0 Å². The molecule has 0 saturated carbocycles. The van der Waals surface area contributed by atoms with Crippen LogP contribution >= 0.6 is 0 Å². The fourth-order valence-electron chi connectivity index (χ4n) is 4.75. The summed E-state index contributed by atoms with van der Waals surface area (Å²) in [4.78, 5) is 13.3. The number of fused-ring (bicyclic) bond motifs is 3. The monoisotopic (exact) mass is 518 g/mol. The number of carbonyl (C=O) groups is 1. The van der Waals surface area contributed by atoms with Crippen molar-refractivity contribution in [1.82, 2.24) is 15.0 Å². The lowest BCUT2D eigenvalue weighted by atomic mass is 9.79. The van der Waals surface area contributed by atoms with Gasteiger partial charge in [-0.15, -0.1) is 5.10 Å². The van der Waals surface area contributed by atoms with E-state index in [-0.39, 0.29) is 46.6 Å². The number of hydrogen-bond donors (Lipinski definition) is 1. The molecule has 2 aliphatic rings. The Morgan fingerprint density at radius 1 is 0.921 bits per heavy atom. The first-order chi connectivity index (χ1) is 18.4. The summed E-state index contributed by atoms with van der Waals surface area (Å²) < 4.78 is 61.3. The van der Waals surface area contributed by atoms with Gasteiger partial charge >= 0.3 is 0 Å². The zero-order chi connectivity index (χ0) is 26.6. The molecular weight excluding hydrogens is 500 g/mol. The van der Waals surface area contributed by atoms with Crippen molar-refractivity contribution in [3.63, 3.8) is 0 Å². The Morgan fingerprint density at radius 3 is 2.45 bits per heavy atom. The lowest BCUT2D eigenvalue weighted by Crippen LogP contribution is -2.25. The number of carbonyl (C=O) groups excluding carboxylic acids is 1. The largest absolute Gasteiger partial charge is 0.325 e. The maximum atomic E-state index is 15.2. The summed E-state index contributed by atoms with van der Waals surface area (Å²) in [6.45, 7) is 0.177. The van der Waals surface area contributed by atoms with Gasteiger partial charge < -0.3 is 5.73 Å². The van der Waals surface area contributed by atoms with Crippen LogP contribution in [0.5, 0.6) is 0 Å². The zero-order valence-corrected chi connectivity index (χ0v) is 19.6. The first-order valence-corrected chi connectivity index (χ1v) is 11.6. The summed E-state index contributed by atoms with van der Waals surface area (Å²) >= 11 is 0. The number of nitrogens with two attached hydrogens (primary N) is 1. The topological polar surface area (TPSA) is 89.4 Å². The van der Waals surface area contributed by atoms with E-state index in [1.165, 1.54) is 47.2 Å². The molecule has 2 N–H and O–H groups in total. The maximum Gasteiger partial charge on any atom is 0.280 e. The minimum Gasteiger partial charge on any atom is -0.325 e. The Hall–Kier alpha value is -4.64. The number of rotatable bonds is 5. The van der Waals surface area contributed by atoms with Crippen LogP contribution in [-0.2, 0) is 17.8 Å². The highest BCUT2D eigenvalue weighted by atomic mass is 19.1. The summed E-state index contributed by atoms with van der Waals surface area (Å²) in [6.07, 6.45) is 2.93. The molecule has 4 aromatic rings. The van der Waals surface area contributed by atoms with E-state index in [1.54, 1.807) is 12.3 Å². The van der Waals surface area contributed by atoms with Crippen LogP contribution < -0.4 is 10.7 Å². The Kier molecular flexibility index (Phi) is 5.64. The van der Waals surface area contributed by atoms with Crippen LogP contribution in [0.4, 0.5) is 23.2 Å². The zero-order valence-electron chi connectivity index (χ0n) is 19.6. The molecule has 38 heavy (non-hydrogen) atoms. The maximum absolute atomic E-state index is 15.2. The first-order valence-electron chi connectivity index (χ1n) is 11.6. The third kappa shape index (κ3) is 3.79. The highest BCUT2D eigenvalue weighted by Crippen LogP contribution is 2.40. The Bertz CT molecular complexity index is 1680. The number of halogens is 4. The standard InChI is InChI=1S/C27H18F4N6O/c28-19-3-1-2-4-23(19)37-27(38)18-10-15(24-20(29)7-8-21(30)25(24)26(18)34-37)9-14-5-6-17(11-22(14)31)36-13-16(12-32)33-35-36/h1-8,10-11,13,15H,9,12,32H2. The second-order valence-corrected chi connectivity index (χ2v) is 8.86. The van der Waals surface area contributed by atoms with E-state index in [2.05, 4.69) is 15.4 Å². The predicted molar refractivity (Wildman–Crippen MR) is 131 cm³/mol. The summed E-state index contributed by atoms with van der Waals surface area (Å²) in [5.41, 5.74) is 6.21. The van der Waals surface area contributed by atoms with Crippen LogP contribution in [-0.4, -0.2) is 26.6 Å². The fraction of sp³-hybridized carbons (Fsp3) is 0.111. The van der Waals surface area contributed by atoms with Crippen molar-refractivity contribution in [3.05, 3.63) is 118 Å². The molecule has 1 aliphatic heterocycles. The summed E-state index contributed by atoms with van der Waals surface area (Å²) in [6, 6.07) is 11.8. The number of benzene rings is 3. The molecule has 0 bridgehead atoms. The fourth-order valence-corrected chi connectivity index (χ4v) is 4.75. The molecular formula is C27H18F4N6O. The van der Waals surface area contributed by atoms with Gasteiger partial charge in [-0.05, 0) is 48.4 Å². The molecule has 1 unspecified atom stereocenters. The second-order valence-electron chi connectivity index (χ2n) is 8.86. The Morgan fingerprint density at radius 2 is 1.71 bits per heavy atom. The van der Waals surface area contributed by atoms with Crippen LogP contribution in [0.25, 0.3) is 5.69 Å². The van der Waals surface area contributed by atoms with Gasteiger partial charge in [-0.1, -0.05) is 29.5 Å². The molecule has 0 saturated heterocycles. The average molecular weight is 518 g/mol. The van der Waals surface area contributed by atoms with E-state index >= 15 is 13.2 Å². The smallest absolute Gasteiger partial charge is 0.280 e. The SMILES string of the molecule is NCc1cn(-c2ccc(CC3C=C4C(=O)N(c5ccccc5F)N=C4c4c(F)ccc(F)c43)c(F)c2)nn1. The number of hydrazone groups is 1. The van der Waals surface area contributed by atoms with Crippen LogP contribution in [0.3, 0.4) is 0 Å². The van der Waals surface area contributed by atoms with Gasteiger partial charge in [0.05, 0.1) is 23.2 Å². The van der Waals surface area contributed by atoms with Gasteiger partial charge in [0.25, 0.3) is 5.91 Å². The quantitative estimate of drug-likeness (QED) is 0.399. The van der Waals surface area contributed by atoms with Gasteiger partial charge in [0, 0.05) is 23.6 Å². The Balaban J connectivity index is 1.41. The van der Waals surface area contributed by atoms with Crippen LogP contribution in [0.2, 0.25) is 0 Å². The van der Waals surface area contributed by atoms with Crippen molar-refractivity contribution in [2.45, 2.75) is 18.9 Å². The van der Waals surface area contributed by atoms with E-state index in [1.807, 2.05) is 0 Å². The van der Waals surface area contributed by atoms with Crippen LogP contribution in [0, 0.1) is 23.3 Å². The lowest BCUT2D eigenvalue weighted by molar-refractivity contribution is -0.114. The highest BCUT2D eigenvalue weighted by molar-refractivity contribution is 6.36. The van der Waals surface area contributed by atoms with E-state index in [0.717, 1.165) is 17.1 Å². The van der Waals surface area contributed by atoms with Crippen molar-refractivity contribution in [2.24, 2.45) is 10.8 Å². The summed E-state index contributed by atoms with van der Waals surface area (Å²) in [5, 5.41) is 12.8.